The summed E-state index contributed by atoms with van der Waals surface area (Å²) in [4.78, 5) is 11.5. The van der Waals surface area contributed by atoms with Crippen LogP contribution in [0.3, 0.4) is 0 Å². The van der Waals surface area contributed by atoms with Gasteiger partial charge in [0.25, 0.3) is 0 Å². The van der Waals surface area contributed by atoms with Gasteiger partial charge in [-0.3, -0.25) is 4.79 Å². The summed E-state index contributed by atoms with van der Waals surface area (Å²) in [6.45, 7) is 3.70. The third-order valence-corrected chi connectivity index (χ3v) is 2.88. The third kappa shape index (κ3) is 3.77. The van der Waals surface area contributed by atoms with Crippen LogP contribution in [0.15, 0.2) is 22.7 Å². The van der Waals surface area contributed by atoms with Gasteiger partial charge in [-0.25, -0.2) is 0 Å². The predicted octanol–water partition coefficient (Wildman–Crippen LogP) is 2.46. The zero-order valence-electron chi connectivity index (χ0n) is 9.18. The lowest BCUT2D eigenvalue weighted by Crippen LogP contribution is -2.48. The minimum absolute atomic E-state index is 0.202. The second-order valence-electron chi connectivity index (χ2n) is 4.14. The molecule has 1 aromatic carbocycles. The van der Waals surface area contributed by atoms with E-state index in [2.05, 4.69) is 21.2 Å². The number of nitrogens with one attached hydrogen (secondary N) is 1. The highest BCUT2D eigenvalue weighted by Crippen LogP contribution is 2.21. The fraction of sp³-hybridized carbons (Fsp3) is 0.364. The largest absolute Gasteiger partial charge is 0.350 e. The second kappa shape index (κ2) is 5.17. The molecule has 3 nitrogen and oxygen atoms in total. The van der Waals surface area contributed by atoms with E-state index in [4.69, 9.17) is 17.3 Å². The van der Waals surface area contributed by atoms with E-state index in [1.54, 1.807) is 19.9 Å². The smallest absolute Gasteiger partial charge is 0.239 e. The molecule has 0 spiro atoms. The van der Waals surface area contributed by atoms with Crippen LogP contribution < -0.4 is 11.1 Å². The topological polar surface area (TPSA) is 55.1 Å². The van der Waals surface area contributed by atoms with Crippen LogP contribution in [-0.2, 0) is 11.3 Å². The first kappa shape index (κ1) is 13.5. The number of carbonyl (C=O) groups excluding carboxylic acids is 1. The lowest BCUT2D eigenvalue weighted by molar-refractivity contribution is -0.125. The first-order valence-corrected chi connectivity index (χ1v) is 5.99. The van der Waals surface area contributed by atoms with Crippen molar-refractivity contribution in [3.05, 3.63) is 33.3 Å². The molecule has 0 saturated carbocycles. The molecule has 3 N–H and O–H groups in total. The summed E-state index contributed by atoms with van der Waals surface area (Å²) in [5.74, 6) is -0.202. The van der Waals surface area contributed by atoms with E-state index in [-0.39, 0.29) is 5.91 Å². The van der Waals surface area contributed by atoms with Crippen LogP contribution in [0.25, 0.3) is 0 Å². The molecule has 0 radical (unpaired) electrons. The van der Waals surface area contributed by atoms with Gasteiger partial charge in [0.15, 0.2) is 0 Å². The molecule has 1 aromatic rings. The van der Waals surface area contributed by atoms with Gasteiger partial charge in [-0.2, -0.15) is 0 Å². The number of amides is 1. The second-order valence-corrected chi connectivity index (χ2v) is 5.46. The van der Waals surface area contributed by atoms with Crippen molar-refractivity contribution in [2.45, 2.75) is 25.9 Å². The number of benzene rings is 1. The van der Waals surface area contributed by atoms with Crippen LogP contribution in [0.2, 0.25) is 5.02 Å². The molecule has 1 amide bonds. The van der Waals surface area contributed by atoms with E-state index in [1.165, 1.54) is 0 Å². The highest BCUT2D eigenvalue weighted by atomic mass is 79.9. The molecule has 0 aliphatic heterocycles. The van der Waals surface area contributed by atoms with Gasteiger partial charge in [0.05, 0.1) is 5.54 Å². The van der Waals surface area contributed by atoms with Crippen LogP contribution in [0.1, 0.15) is 19.4 Å². The zero-order valence-corrected chi connectivity index (χ0v) is 11.5. The number of nitrogens with two attached hydrogens (primary N) is 1. The standard InChI is InChI=1S/C11H14BrClN2O/c1-11(2,14)10(16)15-6-7-3-4-8(12)5-9(7)13/h3-5H,6,14H2,1-2H3,(H,15,16). The van der Waals surface area contributed by atoms with Crippen molar-refractivity contribution in [1.82, 2.24) is 5.32 Å². The Morgan fingerprint density at radius 3 is 2.69 bits per heavy atom. The monoisotopic (exact) mass is 304 g/mol. The maximum Gasteiger partial charge on any atom is 0.239 e. The maximum absolute atomic E-state index is 11.5. The fourth-order valence-corrected chi connectivity index (χ4v) is 1.81. The quantitative estimate of drug-likeness (QED) is 0.901. The molecule has 88 valence electrons. The van der Waals surface area contributed by atoms with Crippen molar-refractivity contribution in [2.24, 2.45) is 5.73 Å². The van der Waals surface area contributed by atoms with Gasteiger partial charge in [0, 0.05) is 16.0 Å². The average molecular weight is 306 g/mol. The van der Waals surface area contributed by atoms with Gasteiger partial charge < -0.3 is 11.1 Å². The molecule has 0 aliphatic carbocycles. The van der Waals surface area contributed by atoms with Crippen molar-refractivity contribution in [3.8, 4) is 0 Å². The van der Waals surface area contributed by atoms with Crippen molar-refractivity contribution in [2.75, 3.05) is 0 Å². The number of halogens is 2. The van der Waals surface area contributed by atoms with E-state index >= 15 is 0 Å². The highest BCUT2D eigenvalue weighted by molar-refractivity contribution is 9.10. The van der Waals surface area contributed by atoms with Crippen molar-refractivity contribution >= 4 is 33.4 Å². The number of hydrogen-bond acceptors (Lipinski definition) is 2. The van der Waals surface area contributed by atoms with E-state index in [1.807, 2.05) is 12.1 Å². The Morgan fingerprint density at radius 1 is 1.56 bits per heavy atom. The molecule has 0 saturated heterocycles. The van der Waals surface area contributed by atoms with Crippen LogP contribution in [-0.4, -0.2) is 11.4 Å². The van der Waals surface area contributed by atoms with Crippen molar-refractivity contribution in [3.63, 3.8) is 0 Å². The Labute approximate surface area is 108 Å². The number of rotatable bonds is 3. The molecule has 1 rings (SSSR count). The summed E-state index contributed by atoms with van der Waals surface area (Å²) >= 11 is 9.33. The van der Waals surface area contributed by atoms with Gasteiger partial charge in [-0.1, -0.05) is 33.6 Å². The SMILES string of the molecule is CC(C)(N)C(=O)NCc1ccc(Br)cc1Cl. The predicted molar refractivity (Wildman–Crippen MR) is 69.3 cm³/mol. The highest BCUT2D eigenvalue weighted by Gasteiger charge is 2.21. The Kier molecular flexibility index (Phi) is 4.35. The summed E-state index contributed by atoms with van der Waals surface area (Å²) in [5, 5.41) is 3.35. The average Bonchev–Trinajstić information content (AvgIpc) is 2.14. The first-order valence-electron chi connectivity index (χ1n) is 4.82. The summed E-state index contributed by atoms with van der Waals surface area (Å²) in [7, 11) is 0. The molecule has 0 aromatic heterocycles. The molecule has 0 bridgehead atoms. The van der Waals surface area contributed by atoms with Gasteiger partial charge in [0.2, 0.25) is 5.91 Å². The molecule has 5 heteroatoms. The minimum Gasteiger partial charge on any atom is -0.350 e. The Hall–Kier alpha value is -0.580. The summed E-state index contributed by atoms with van der Waals surface area (Å²) < 4.78 is 0.909. The molecule has 0 fully saturated rings. The summed E-state index contributed by atoms with van der Waals surface area (Å²) in [5.41, 5.74) is 5.64. The van der Waals surface area contributed by atoms with Crippen molar-refractivity contribution in [1.29, 1.82) is 0 Å². The molecular weight excluding hydrogens is 291 g/mol. The van der Waals surface area contributed by atoms with Crippen LogP contribution in [0.4, 0.5) is 0 Å². The summed E-state index contributed by atoms with van der Waals surface area (Å²) in [6, 6.07) is 5.52. The lowest BCUT2D eigenvalue weighted by Gasteiger charge is -2.18. The zero-order chi connectivity index (χ0) is 12.3. The first-order chi connectivity index (χ1) is 7.30. The molecule has 16 heavy (non-hydrogen) atoms. The lowest BCUT2D eigenvalue weighted by atomic mass is 10.1. The molecule has 0 heterocycles. The Morgan fingerprint density at radius 2 is 2.19 bits per heavy atom. The molecular formula is C11H14BrClN2O. The van der Waals surface area contributed by atoms with Gasteiger partial charge in [-0.15, -0.1) is 0 Å². The van der Waals surface area contributed by atoms with E-state index in [9.17, 15) is 4.79 Å². The fourth-order valence-electron chi connectivity index (χ4n) is 1.07. The number of hydrogen-bond donors (Lipinski definition) is 2. The third-order valence-electron chi connectivity index (χ3n) is 2.04. The van der Waals surface area contributed by atoms with Gasteiger partial charge in [-0.05, 0) is 31.5 Å². The number of carbonyl (C=O) groups is 1. The van der Waals surface area contributed by atoms with Crippen LogP contribution >= 0.6 is 27.5 Å². The van der Waals surface area contributed by atoms with Crippen LogP contribution in [0.5, 0.6) is 0 Å². The van der Waals surface area contributed by atoms with E-state index < -0.39 is 5.54 Å². The van der Waals surface area contributed by atoms with Crippen molar-refractivity contribution < 1.29 is 4.79 Å². The van der Waals surface area contributed by atoms with Gasteiger partial charge >= 0.3 is 0 Å². The van der Waals surface area contributed by atoms with E-state index in [0.717, 1.165) is 10.0 Å². The van der Waals surface area contributed by atoms with Crippen LogP contribution in [0, 0.1) is 0 Å². The minimum atomic E-state index is -0.873. The molecule has 0 atom stereocenters. The maximum atomic E-state index is 11.5. The molecule has 0 aliphatic rings. The molecule has 0 unspecified atom stereocenters. The summed E-state index contributed by atoms with van der Waals surface area (Å²) in [6.07, 6.45) is 0. The van der Waals surface area contributed by atoms with E-state index in [0.29, 0.717) is 11.6 Å². The Balaban J connectivity index is 2.65. The normalized spacial score (nSPS) is 11.3. The Bertz CT molecular complexity index is 401. The van der Waals surface area contributed by atoms with Gasteiger partial charge in [0.1, 0.15) is 0 Å².